The summed E-state index contributed by atoms with van der Waals surface area (Å²) in [4.78, 5) is 27.2. The zero-order valence-electron chi connectivity index (χ0n) is 8.64. The van der Waals surface area contributed by atoms with E-state index in [0.29, 0.717) is 6.42 Å². The zero-order valence-corrected chi connectivity index (χ0v) is 8.64. The van der Waals surface area contributed by atoms with Gasteiger partial charge in [0.1, 0.15) is 5.54 Å². The smallest absolute Gasteiger partial charge is 0.230 e. The number of imide groups is 1. The lowest BCUT2D eigenvalue weighted by Gasteiger charge is -2.32. The second-order valence-electron chi connectivity index (χ2n) is 4.91. The molecule has 1 saturated heterocycles. The SMILES string of the molecule is C=NC1(C#N)CC2CC1C1C(=O)NC(=O)C21. The largest absolute Gasteiger partial charge is 0.296 e. The van der Waals surface area contributed by atoms with Gasteiger partial charge in [0.2, 0.25) is 11.8 Å². The summed E-state index contributed by atoms with van der Waals surface area (Å²) in [6, 6.07) is 2.19. The summed E-state index contributed by atoms with van der Waals surface area (Å²) in [6.45, 7) is 3.47. The Morgan fingerprint density at radius 2 is 2.12 bits per heavy atom. The van der Waals surface area contributed by atoms with Crippen LogP contribution in [-0.2, 0) is 9.59 Å². The van der Waals surface area contributed by atoms with Gasteiger partial charge in [0.15, 0.2) is 0 Å². The quantitative estimate of drug-likeness (QED) is 0.491. The van der Waals surface area contributed by atoms with Gasteiger partial charge in [-0.3, -0.25) is 19.9 Å². The standard InChI is InChI=1S/C11H11N3O2/c1-13-11(4-12)3-5-2-6(11)8-7(5)9(15)14-10(8)16/h5-8H,1-3H2,(H,14,15,16). The minimum Gasteiger partial charge on any atom is -0.296 e. The van der Waals surface area contributed by atoms with E-state index in [-0.39, 0.29) is 35.5 Å². The number of amides is 2. The van der Waals surface area contributed by atoms with Crippen LogP contribution in [-0.4, -0.2) is 24.1 Å². The Hall–Kier alpha value is -1.70. The van der Waals surface area contributed by atoms with E-state index in [0.717, 1.165) is 6.42 Å². The Balaban J connectivity index is 2.05. The predicted octanol–water partition coefficient (Wildman–Crippen LogP) is -0.122. The first-order valence-corrected chi connectivity index (χ1v) is 5.37. The molecule has 2 aliphatic carbocycles. The maximum Gasteiger partial charge on any atom is 0.230 e. The number of carbonyl (C=O) groups is 2. The van der Waals surface area contributed by atoms with Crippen LogP contribution in [0.15, 0.2) is 4.99 Å². The van der Waals surface area contributed by atoms with Crippen molar-refractivity contribution in [3.8, 4) is 6.07 Å². The molecule has 0 spiro atoms. The van der Waals surface area contributed by atoms with Crippen molar-refractivity contribution in [3.63, 3.8) is 0 Å². The third-order valence-corrected chi connectivity index (χ3v) is 4.40. The highest BCUT2D eigenvalue weighted by atomic mass is 16.2. The third kappa shape index (κ3) is 0.838. The van der Waals surface area contributed by atoms with Crippen LogP contribution in [0.5, 0.6) is 0 Å². The average Bonchev–Trinajstić information content (AvgIpc) is 2.90. The van der Waals surface area contributed by atoms with Gasteiger partial charge in [-0.2, -0.15) is 5.26 Å². The Morgan fingerprint density at radius 1 is 1.44 bits per heavy atom. The molecule has 0 radical (unpaired) electrons. The van der Waals surface area contributed by atoms with Gasteiger partial charge in [0.05, 0.1) is 17.9 Å². The van der Waals surface area contributed by atoms with Crippen molar-refractivity contribution in [2.75, 3.05) is 0 Å². The van der Waals surface area contributed by atoms with E-state index in [2.05, 4.69) is 23.1 Å². The summed E-state index contributed by atoms with van der Waals surface area (Å²) in [5.74, 6) is -0.983. The topological polar surface area (TPSA) is 82.3 Å². The maximum atomic E-state index is 11.7. The summed E-state index contributed by atoms with van der Waals surface area (Å²) in [5.41, 5.74) is -0.839. The van der Waals surface area contributed by atoms with E-state index in [4.69, 9.17) is 0 Å². The Labute approximate surface area is 92.5 Å². The van der Waals surface area contributed by atoms with Crippen LogP contribution in [0.4, 0.5) is 0 Å². The molecule has 3 rings (SSSR count). The Kier molecular flexibility index (Phi) is 1.61. The van der Waals surface area contributed by atoms with Gasteiger partial charge in [-0.05, 0) is 25.5 Å². The van der Waals surface area contributed by atoms with Crippen molar-refractivity contribution in [1.29, 1.82) is 5.26 Å². The zero-order chi connectivity index (χ0) is 11.5. The van der Waals surface area contributed by atoms with Crippen LogP contribution in [0.3, 0.4) is 0 Å². The fourth-order valence-electron chi connectivity index (χ4n) is 3.77. The van der Waals surface area contributed by atoms with Crippen LogP contribution in [0.1, 0.15) is 12.8 Å². The molecule has 5 unspecified atom stereocenters. The minimum atomic E-state index is -0.839. The van der Waals surface area contributed by atoms with Crippen molar-refractivity contribution in [2.45, 2.75) is 18.4 Å². The molecule has 2 amide bonds. The number of nitrogens with one attached hydrogen (secondary N) is 1. The molecule has 3 aliphatic rings. The molecule has 2 saturated carbocycles. The van der Waals surface area contributed by atoms with Gasteiger partial charge in [0, 0.05) is 5.92 Å². The van der Waals surface area contributed by atoms with Crippen molar-refractivity contribution < 1.29 is 9.59 Å². The van der Waals surface area contributed by atoms with E-state index in [1.165, 1.54) is 0 Å². The number of nitriles is 1. The van der Waals surface area contributed by atoms with Crippen LogP contribution < -0.4 is 5.32 Å². The van der Waals surface area contributed by atoms with E-state index in [9.17, 15) is 14.9 Å². The summed E-state index contributed by atoms with van der Waals surface area (Å²) >= 11 is 0. The van der Waals surface area contributed by atoms with Crippen molar-refractivity contribution in [2.24, 2.45) is 28.7 Å². The fourth-order valence-corrected chi connectivity index (χ4v) is 3.77. The second kappa shape index (κ2) is 2.70. The molecule has 16 heavy (non-hydrogen) atoms. The molecule has 5 atom stereocenters. The Morgan fingerprint density at radius 3 is 2.75 bits per heavy atom. The lowest BCUT2D eigenvalue weighted by atomic mass is 9.71. The van der Waals surface area contributed by atoms with Crippen molar-refractivity contribution in [1.82, 2.24) is 5.32 Å². The lowest BCUT2D eigenvalue weighted by molar-refractivity contribution is -0.126. The molecule has 82 valence electrons. The lowest BCUT2D eigenvalue weighted by Crippen LogP contribution is -2.41. The summed E-state index contributed by atoms with van der Waals surface area (Å²) in [6.07, 6.45) is 1.32. The minimum absolute atomic E-state index is 0.117. The van der Waals surface area contributed by atoms with E-state index in [1.54, 1.807) is 0 Å². The Bertz CT molecular complexity index is 453. The van der Waals surface area contributed by atoms with E-state index in [1.807, 2.05) is 0 Å². The molecule has 5 nitrogen and oxygen atoms in total. The van der Waals surface area contributed by atoms with Crippen molar-refractivity contribution in [3.05, 3.63) is 0 Å². The fraction of sp³-hybridized carbons (Fsp3) is 0.636. The molecule has 0 aromatic carbocycles. The van der Waals surface area contributed by atoms with Crippen LogP contribution in [0.25, 0.3) is 0 Å². The summed E-state index contributed by atoms with van der Waals surface area (Å²) < 4.78 is 0. The molecule has 2 bridgehead atoms. The number of hydrogen-bond acceptors (Lipinski definition) is 4. The summed E-state index contributed by atoms with van der Waals surface area (Å²) in [5, 5.41) is 11.6. The first kappa shape index (κ1) is 9.52. The van der Waals surface area contributed by atoms with Crippen LogP contribution in [0, 0.1) is 35.0 Å². The summed E-state index contributed by atoms with van der Waals surface area (Å²) in [7, 11) is 0. The normalized spacial score (nSPS) is 48.7. The van der Waals surface area contributed by atoms with Gasteiger partial charge >= 0.3 is 0 Å². The van der Waals surface area contributed by atoms with Crippen LogP contribution >= 0.6 is 0 Å². The van der Waals surface area contributed by atoms with E-state index < -0.39 is 5.54 Å². The predicted molar refractivity (Wildman–Crippen MR) is 54.2 cm³/mol. The van der Waals surface area contributed by atoms with Gasteiger partial charge < -0.3 is 0 Å². The monoisotopic (exact) mass is 217 g/mol. The highest BCUT2D eigenvalue weighted by Crippen LogP contribution is 2.59. The molecule has 0 aromatic rings. The molecular weight excluding hydrogens is 206 g/mol. The van der Waals surface area contributed by atoms with Gasteiger partial charge in [-0.15, -0.1) is 0 Å². The van der Waals surface area contributed by atoms with Gasteiger partial charge in [-0.1, -0.05) is 0 Å². The molecule has 5 heteroatoms. The first-order chi connectivity index (χ1) is 7.63. The molecule has 0 aromatic heterocycles. The molecule has 1 aliphatic heterocycles. The van der Waals surface area contributed by atoms with E-state index >= 15 is 0 Å². The number of nitrogens with zero attached hydrogens (tertiary/aromatic N) is 2. The van der Waals surface area contributed by atoms with Crippen LogP contribution in [0.2, 0.25) is 0 Å². The number of fused-ring (bicyclic) bond motifs is 5. The molecule has 1 heterocycles. The number of aliphatic imine (C=N–C) groups is 1. The maximum absolute atomic E-state index is 11.7. The average molecular weight is 217 g/mol. The highest BCUT2D eigenvalue weighted by molar-refractivity contribution is 6.06. The molecule has 1 N–H and O–H groups in total. The number of carbonyl (C=O) groups excluding carboxylic acids is 2. The van der Waals surface area contributed by atoms with Gasteiger partial charge in [0.25, 0.3) is 0 Å². The van der Waals surface area contributed by atoms with Gasteiger partial charge in [-0.25, -0.2) is 0 Å². The number of hydrogen-bond donors (Lipinski definition) is 1. The highest BCUT2D eigenvalue weighted by Gasteiger charge is 2.67. The number of rotatable bonds is 1. The third-order valence-electron chi connectivity index (χ3n) is 4.40. The molecule has 3 fully saturated rings. The second-order valence-corrected chi connectivity index (χ2v) is 4.91. The first-order valence-electron chi connectivity index (χ1n) is 5.37. The van der Waals surface area contributed by atoms with Crippen molar-refractivity contribution >= 4 is 18.5 Å². The molecular formula is C11H11N3O2.